The highest BCUT2D eigenvalue weighted by Gasteiger charge is 2.45. The monoisotopic (exact) mass is 521 g/mol. The highest BCUT2D eigenvalue weighted by Crippen LogP contribution is 2.55. The van der Waals surface area contributed by atoms with Gasteiger partial charge in [0.1, 0.15) is 7.05 Å². The zero-order valence-electron chi connectivity index (χ0n) is 39.5. The van der Waals surface area contributed by atoms with Crippen LogP contribution in [0.1, 0.15) is 92.9 Å². The molecule has 0 spiro atoms. The maximum absolute atomic E-state index is 9.63. The molecule has 5 aromatic rings. The van der Waals surface area contributed by atoms with E-state index >= 15 is 0 Å². The molecule has 1 aliphatic carbocycles. The Labute approximate surface area is 251 Å². The molecule has 3 heterocycles. The largest absolute Gasteiger partial charge is 0.437 e. The molecule has 38 heavy (non-hydrogen) atoms. The first-order chi connectivity index (χ1) is 25.2. The Balaban J connectivity index is 1.79. The SMILES string of the molecule is [2H]C([2H])([2H])c1cc(-c2c(C)ccc3c2oc2nc4c(cc23)-c2ccccc2C4(C([2H])([2H])C([2H])(C)C([2H])([2H])[2H])C([2H])([2H])C([2H])(C)C([2H])([2H])[2H])[n+](C)cc1C([2H])([2H])[2H]. The number of pyridine rings is 2. The summed E-state index contributed by atoms with van der Waals surface area (Å²) in [4.78, 5) is 4.72. The first kappa shape index (κ1) is 11.7. The molecule has 0 saturated carbocycles. The Kier molecular flexibility index (Phi) is 2.72. The first-order valence-electron chi connectivity index (χ1n) is 21.2. The third-order valence-corrected chi connectivity index (χ3v) is 7.10. The van der Waals surface area contributed by atoms with Crippen LogP contribution in [-0.2, 0) is 12.5 Å². The lowest BCUT2D eigenvalue weighted by molar-refractivity contribution is -0.660. The van der Waals surface area contributed by atoms with Crippen LogP contribution in [0.15, 0.2) is 59.1 Å². The van der Waals surface area contributed by atoms with Gasteiger partial charge in [-0.2, -0.15) is 0 Å². The van der Waals surface area contributed by atoms with Gasteiger partial charge in [-0.25, -0.2) is 9.55 Å². The van der Waals surface area contributed by atoms with Gasteiger partial charge >= 0.3 is 0 Å². The molecule has 3 aromatic heterocycles. The summed E-state index contributed by atoms with van der Waals surface area (Å²) in [5.41, 5.74) is -3.08. The molecule has 3 nitrogen and oxygen atoms in total. The number of hydrogen-bond donors (Lipinski definition) is 0. The number of aryl methyl sites for hydroxylation is 4. The van der Waals surface area contributed by atoms with E-state index in [-0.39, 0.29) is 39.2 Å². The molecule has 194 valence electrons. The average molecular weight is 522 g/mol. The van der Waals surface area contributed by atoms with Crippen molar-refractivity contribution < 1.29 is 33.7 Å². The minimum atomic E-state index is -3.51. The van der Waals surface area contributed by atoms with Crippen LogP contribution in [0.3, 0.4) is 0 Å². The van der Waals surface area contributed by atoms with Crippen molar-refractivity contribution in [3.8, 4) is 22.4 Å². The van der Waals surface area contributed by atoms with Crippen molar-refractivity contribution in [2.24, 2.45) is 18.8 Å². The second kappa shape index (κ2) is 8.80. The molecule has 0 saturated heterocycles. The molecule has 0 radical (unpaired) electrons. The fraction of sp³-hybridized carbons (Fsp3) is 0.371. The predicted molar refractivity (Wildman–Crippen MR) is 157 cm³/mol. The molecule has 2 atom stereocenters. The number of rotatable bonds is 5. The van der Waals surface area contributed by atoms with Crippen LogP contribution in [0, 0.1) is 32.4 Å². The van der Waals surface area contributed by atoms with Gasteiger partial charge in [0.05, 0.1) is 11.3 Å². The van der Waals surface area contributed by atoms with E-state index in [9.17, 15) is 5.48 Å². The average Bonchev–Trinajstić information content (AvgIpc) is 3.55. The molecule has 1 aliphatic rings. The smallest absolute Gasteiger partial charge is 0.227 e. The molecule has 6 rings (SSSR count). The van der Waals surface area contributed by atoms with Crippen molar-refractivity contribution in [2.45, 2.75) is 66.3 Å². The Morgan fingerprint density at radius 3 is 2.47 bits per heavy atom. The van der Waals surface area contributed by atoms with Crippen LogP contribution in [0.25, 0.3) is 44.5 Å². The molecule has 0 bridgehead atoms. The minimum Gasteiger partial charge on any atom is -0.437 e. The summed E-state index contributed by atoms with van der Waals surface area (Å²) in [6.07, 6.45) is -5.80. The van der Waals surface area contributed by atoms with Crippen molar-refractivity contribution >= 4 is 22.1 Å². The van der Waals surface area contributed by atoms with Crippen LogP contribution in [0.4, 0.5) is 0 Å². The summed E-state index contributed by atoms with van der Waals surface area (Å²) in [6, 6.07) is 12.1. The first-order valence-corrected chi connectivity index (χ1v) is 12.2. The van der Waals surface area contributed by atoms with Gasteiger partial charge in [0.25, 0.3) is 0 Å². The summed E-state index contributed by atoms with van der Waals surface area (Å²) in [6.45, 7) is -9.08. The molecule has 2 unspecified atom stereocenters. The molecule has 0 aliphatic heterocycles. The van der Waals surface area contributed by atoms with Crippen LogP contribution in [-0.4, -0.2) is 4.98 Å². The lowest BCUT2D eigenvalue weighted by Crippen LogP contribution is -2.31. The van der Waals surface area contributed by atoms with Gasteiger partial charge in [-0.3, -0.25) is 0 Å². The normalized spacial score (nSPS) is 28.8. The van der Waals surface area contributed by atoms with E-state index < -0.39 is 68.6 Å². The lowest BCUT2D eigenvalue weighted by atomic mass is 9.69. The van der Waals surface area contributed by atoms with Gasteiger partial charge in [0, 0.05) is 58.1 Å². The maximum Gasteiger partial charge on any atom is 0.227 e. The van der Waals surface area contributed by atoms with E-state index in [1.807, 2.05) is 0 Å². The van der Waals surface area contributed by atoms with E-state index in [4.69, 9.17) is 28.6 Å². The van der Waals surface area contributed by atoms with Gasteiger partial charge in [-0.1, -0.05) is 63.9 Å². The lowest BCUT2D eigenvalue weighted by Gasteiger charge is -2.34. The van der Waals surface area contributed by atoms with Crippen LogP contribution in [0.2, 0.25) is 0 Å². The Morgan fingerprint density at radius 1 is 0.974 bits per heavy atom. The van der Waals surface area contributed by atoms with Crippen LogP contribution < -0.4 is 4.57 Å². The van der Waals surface area contributed by atoms with Crippen molar-refractivity contribution in [1.29, 1.82) is 0 Å². The van der Waals surface area contributed by atoms with Gasteiger partial charge in [0.2, 0.25) is 11.4 Å². The van der Waals surface area contributed by atoms with E-state index in [1.54, 1.807) is 32.2 Å². The number of hydrogen-bond acceptors (Lipinski definition) is 2. The highest BCUT2D eigenvalue weighted by atomic mass is 16.3. The van der Waals surface area contributed by atoms with Crippen molar-refractivity contribution in [3.05, 3.63) is 82.7 Å². The molecular weight excluding hydrogens is 464 g/mol. The van der Waals surface area contributed by atoms with Crippen molar-refractivity contribution in [1.82, 2.24) is 4.98 Å². The number of aromatic nitrogens is 2. The number of furan rings is 1. The second-order valence-electron chi connectivity index (χ2n) is 9.87. The van der Waals surface area contributed by atoms with E-state index in [2.05, 4.69) is 0 Å². The van der Waals surface area contributed by atoms with E-state index in [1.165, 1.54) is 41.1 Å². The van der Waals surface area contributed by atoms with Crippen LogP contribution in [0.5, 0.6) is 0 Å². The molecule has 2 aromatic carbocycles. The second-order valence-corrected chi connectivity index (χ2v) is 9.87. The van der Waals surface area contributed by atoms with Gasteiger partial charge in [-0.05, 0) is 73.5 Å². The topological polar surface area (TPSA) is 29.9 Å². The Morgan fingerprint density at radius 2 is 1.74 bits per heavy atom. The summed E-state index contributed by atoms with van der Waals surface area (Å²) in [5, 5.41) is 0.742. The Hall–Kier alpha value is -3.46. The zero-order valence-corrected chi connectivity index (χ0v) is 21.5. The van der Waals surface area contributed by atoms with Crippen molar-refractivity contribution in [2.75, 3.05) is 0 Å². The number of nitrogens with zero attached hydrogens (tertiary/aromatic N) is 2. The third kappa shape index (κ3) is 3.62. The fourth-order valence-electron chi connectivity index (χ4n) is 5.59. The maximum atomic E-state index is 9.63. The summed E-state index contributed by atoms with van der Waals surface area (Å²) in [7, 11) is 1.54. The summed E-state index contributed by atoms with van der Waals surface area (Å²) in [5.74, 6) is -6.25. The van der Waals surface area contributed by atoms with E-state index in [0.717, 1.165) is 13.8 Å². The van der Waals surface area contributed by atoms with Crippen molar-refractivity contribution in [3.63, 3.8) is 0 Å². The minimum absolute atomic E-state index is 0.0885. The van der Waals surface area contributed by atoms with Gasteiger partial charge in [-0.15, -0.1) is 0 Å². The zero-order chi connectivity index (χ0) is 42.4. The van der Waals surface area contributed by atoms with Crippen LogP contribution >= 0.6 is 0 Å². The standard InChI is InChI=1S/C35H39N2O/c1-20(2)17-35(18-21(3)4)29-12-10-9-11-25(29)27-16-28-26-14-13-22(5)31(32(26)38-34(28)36-33(27)35)30-15-23(6)24(7)19-37(30)8/h9-16,19-21H,17-18H2,1-8H3/q+1/i1D3,3D3,6D3,7D3,17D2,18D2,20D,21D. The molecular formula is C35H39N2O+. The molecule has 0 N–H and O–H groups in total. The molecule has 0 amide bonds. The molecule has 0 fully saturated rings. The van der Waals surface area contributed by atoms with E-state index in [0.29, 0.717) is 21.9 Å². The third-order valence-electron chi connectivity index (χ3n) is 7.10. The van der Waals surface area contributed by atoms with Gasteiger partial charge in [0.15, 0.2) is 11.8 Å². The Bertz CT molecular complexity index is 2370. The highest BCUT2D eigenvalue weighted by molar-refractivity contribution is 6.10. The fourth-order valence-corrected chi connectivity index (χ4v) is 5.59. The predicted octanol–water partition coefficient (Wildman–Crippen LogP) is 8.76. The molecule has 3 heteroatoms. The quantitative estimate of drug-likeness (QED) is 0.216. The number of benzene rings is 2. The van der Waals surface area contributed by atoms with Gasteiger partial charge < -0.3 is 4.42 Å². The summed E-state index contributed by atoms with van der Waals surface area (Å²) < 4.78 is 163. The number of fused-ring (bicyclic) bond motifs is 6. The summed E-state index contributed by atoms with van der Waals surface area (Å²) >= 11 is 0.